The second kappa shape index (κ2) is 10.7. The first kappa shape index (κ1) is 23.1. The molecule has 2 amide bonds. The molecule has 0 spiro atoms. The summed E-state index contributed by atoms with van der Waals surface area (Å²) in [6.45, 7) is 1.92. The Morgan fingerprint density at radius 2 is 1.61 bits per heavy atom. The van der Waals surface area contributed by atoms with E-state index in [-0.39, 0.29) is 17.1 Å². The minimum Gasteiger partial charge on any atom is -0.325 e. The topological polar surface area (TPSA) is 58.2 Å². The average molecular weight is 477 g/mol. The van der Waals surface area contributed by atoms with Gasteiger partial charge in [-0.25, -0.2) is 4.39 Å². The molecule has 0 heterocycles. The van der Waals surface area contributed by atoms with Crippen LogP contribution in [0, 0.1) is 5.82 Å². The summed E-state index contributed by atoms with van der Waals surface area (Å²) in [5.74, 6) is -0.921. The zero-order valence-corrected chi connectivity index (χ0v) is 18.8. The van der Waals surface area contributed by atoms with Crippen LogP contribution in [0.3, 0.4) is 0 Å². The van der Waals surface area contributed by atoms with E-state index in [1.165, 1.54) is 36.0 Å². The Kier molecular flexibility index (Phi) is 7.96. The van der Waals surface area contributed by atoms with Crippen LogP contribution < -0.4 is 10.6 Å². The number of thioether (sulfide) groups is 1. The van der Waals surface area contributed by atoms with Gasteiger partial charge >= 0.3 is 0 Å². The third kappa shape index (κ3) is 6.72. The number of rotatable bonds is 7. The number of halogens is 3. The highest BCUT2D eigenvalue weighted by Gasteiger charge is 2.19. The normalized spacial score (nSPS) is 11.6. The summed E-state index contributed by atoms with van der Waals surface area (Å²) in [5, 5.41) is 6.14. The van der Waals surface area contributed by atoms with Crippen molar-refractivity contribution in [3.8, 4) is 0 Å². The smallest absolute Gasteiger partial charge is 0.255 e. The van der Waals surface area contributed by atoms with Gasteiger partial charge in [-0.1, -0.05) is 36.2 Å². The van der Waals surface area contributed by atoms with Gasteiger partial charge in [-0.15, -0.1) is 11.8 Å². The number of anilines is 2. The lowest BCUT2D eigenvalue weighted by Gasteiger charge is -2.16. The lowest BCUT2D eigenvalue weighted by Crippen LogP contribution is -2.24. The van der Waals surface area contributed by atoms with E-state index in [1.54, 1.807) is 36.4 Å². The zero-order chi connectivity index (χ0) is 22.4. The molecule has 4 nitrogen and oxygen atoms in total. The lowest BCUT2D eigenvalue weighted by atomic mass is 10.2. The molecule has 0 aliphatic heterocycles. The molecule has 31 heavy (non-hydrogen) atoms. The van der Waals surface area contributed by atoms with Crippen LogP contribution in [0.5, 0.6) is 0 Å². The van der Waals surface area contributed by atoms with Gasteiger partial charge in [-0.3, -0.25) is 9.59 Å². The second-order valence-corrected chi connectivity index (χ2v) is 8.80. The predicted molar refractivity (Wildman–Crippen MR) is 126 cm³/mol. The quantitative estimate of drug-likeness (QED) is 0.364. The van der Waals surface area contributed by atoms with Gasteiger partial charge in [0.15, 0.2) is 0 Å². The largest absolute Gasteiger partial charge is 0.325 e. The van der Waals surface area contributed by atoms with Gasteiger partial charge in [-0.05, 0) is 67.1 Å². The summed E-state index contributed by atoms with van der Waals surface area (Å²) in [7, 11) is 0. The average Bonchev–Trinajstić information content (AvgIpc) is 2.72. The number of nitrogens with one attached hydrogen (secondary N) is 2. The first-order valence-corrected chi connectivity index (χ1v) is 11.1. The Labute approximate surface area is 194 Å². The van der Waals surface area contributed by atoms with E-state index in [0.29, 0.717) is 33.4 Å². The van der Waals surface area contributed by atoms with Crippen LogP contribution in [-0.4, -0.2) is 17.1 Å². The third-order valence-electron chi connectivity index (χ3n) is 4.27. The maximum atomic E-state index is 13.0. The van der Waals surface area contributed by atoms with Gasteiger partial charge < -0.3 is 10.6 Å². The highest BCUT2D eigenvalue weighted by Crippen LogP contribution is 2.29. The van der Waals surface area contributed by atoms with E-state index < -0.39 is 5.82 Å². The summed E-state index contributed by atoms with van der Waals surface area (Å²) < 4.78 is 13.0. The van der Waals surface area contributed by atoms with Crippen LogP contribution in [0.2, 0.25) is 10.0 Å². The van der Waals surface area contributed by atoms with E-state index in [9.17, 15) is 14.0 Å². The number of hydrogen-bond donors (Lipinski definition) is 2. The van der Waals surface area contributed by atoms with E-state index in [2.05, 4.69) is 10.6 Å². The Hall–Kier alpha value is -2.54. The van der Waals surface area contributed by atoms with Crippen molar-refractivity contribution >= 4 is 58.2 Å². The molecule has 0 saturated carbocycles. The van der Waals surface area contributed by atoms with Crippen molar-refractivity contribution in [2.45, 2.75) is 23.5 Å². The second-order valence-electron chi connectivity index (χ2n) is 6.65. The molecule has 2 N–H and O–H groups in total. The molecular weight excluding hydrogens is 458 g/mol. The van der Waals surface area contributed by atoms with E-state index in [0.717, 1.165) is 4.90 Å². The Morgan fingerprint density at radius 3 is 2.26 bits per heavy atom. The molecule has 0 aliphatic carbocycles. The highest BCUT2D eigenvalue weighted by molar-refractivity contribution is 8.00. The molecule has 0 aliphatic rings. The molecule has 0 fully saturated rings. The fourth-order valence-corrected chi connectivity index (χ4v) is 4.33. The molecule has 160 valence electrons. The summed E-state index contributed by atoms with van der Waals surface area (Å²) in [6.07, 6.45) is 0.594. The van der Waals surface area contributed by atoms with Gasteiger partial charge in [0.25, 0.3) is 5.91 Å². The zero-order valence-electron chi connectivity index (χ0n) is 16.5. The van der Waals surface area contributed by atoms with Gasteiger partial charge in [0.2, 0.25) is 5.91 Å². The van der Waals surface area contributed by atoms with E-state index in [1.807, 2.05) is 13.0 Å². The predicted octanol–water partition coefficient (Wildman–Crippen LogP) is 6.89. The van der Waals surface area contributed by atoms with E-state index in [4.69, 9.17) is 23.2 Å². The monoisotopic (exact) mass is 476 g/mol. The fraction of sp³-hybridized carbons (Fsp3) is 0.130. The number of hydrogen-bond acceptors (Lipinski definition) is 3. The molecule has 3 rings (SSSR count). The molecule has 8 heteroatoms. The first-order valence-electron chi connectivity index (χ1n) is 9.44. The Morgan fingerprint density at radius 1 is 0.935 bits per heavy atom. The maximum absolute atomic E-state index is 13.0. The van der Waals surface area contributed by atoms with Crippen LogP contribution in [0.1, 0.15) is 23.7 Å². The van der Waals surface area contributed by atoms with Gasteiger partial charge in [0.05, 0.1) is 5.25 Å². The highest BCUT2D eigenvalue weighted by atomic mass is 35.5. The molecule has 0 saturated heterocycles. The van der Waals surface area contributed by atoms with Crippen LogP contribution in [0.4, 0.5) is 15.8 Å². The summed E-state index contributed by atoms with van der Waals surface area (Å²) in [5.41, 5.74) is 1.46. The molecule has 0 aromatic heterocycles. The minimum absolute atomic E-state index is 0.174. The van der Waals surface area contributed by atoms with Crippen LogP contribution in [0.25, 0.3) is 0 Å². The Balaban J connectivity index is 1.67. The number of carbonyl (C=O) groups is 2. The van der Waals surface area contributed by atoms with E-state index >= 15 is 0 Å². The van der Waals surface area contributed by atoms with Crippen molar-refractivity contribution in [1.82, 2.24) is 0 Å². The number of benzene rings is 3. The third-order valence-corrected chi connectivity index (χ3v) is 6.06. The fourth-order valence-electron chi connectivity index (χ4n) is 2.79. The van der Waals surface area contributed by atoms with Gasteiger partial charge in [-0.2, -0.15) is 0 Å². The van der Waals surface area contributed by atoms with Crippen molar-refractivity contribution in [3.63, 3.8) is 0 Å². The minimum atomic E-state index is -0.404. The van der Waals surface area contributed by atoms with Crippen LogP contribution >= 0.6 is 35.0 Å². The Bertz CT molecular complexity index is 1070. The van der Waals surface area contributed by atoms with Crippen LogP contribution in [-0.2, 0) is 4.79 Å². The molecule has 3 aromatic carbocycles. The van der Waals surface area contributed by atoms with Crippen molar-refractivity contribution in [2.75, 3.05) is 10.6 Å². The van der Waals surface area contributed by atoms with Crippen molar-refractivity contribution < 1.29 is 14.0 Å². The molecule has 1 atom stereocenters. The maximum Gasteiger partial charge on any atom is 0.255 e. The van der Waals surface area contributed by atoms with Crippen molar-refractivity contribution in [1.29, 1.82) is 0 Å². The summed E-state index contributed by atoms with van der Waals surface area (Å²) in [6, 6.07) is 17.4. The standard InChI is InChI=1S/C23H19Cl2FN2O2S/c1-2-21(23(30)28-19-11-15(24)10-16(25)12-19)31-20-5-3-4-18(13-20)27-22(29)14-6-8-17(26)9-7-14/h3-13,21H,2H2,1H3,(H,27,29)(H,28,30). The van der Waals surface area contributed by atoms with Crippen LogP contribution in [0.15, 0.2) is 71.6 Å². The number of amides is 2. The van der Waals surface area contributed by atoms with Crippen molar-refractivity contribution in [3.05, 3.63) is 88.2 Å². The molecule has 1 unspecified atom stereocenters. The molecule has 0 radical (unpaired) electrons. The van der Waals surface area contributed by atoms with Crippen molar-refractivity contribution in [2.24, 2.45) is 0 Å². The molecule has 0 bridgehead atoms. The van der Waals surface area contributed by atoms with Gasteiger partial charge in [0, 0.05) is 31.9 Å². The lowest BCUT2D eigenvalue weighted by molar-refractivity contribution is -0.115. The SMILES string of the molecule is CCC(Sc1cccc(NC(=O)c2ccc(F)cc2)c1)C(=O)Nc1cc(Cl)cc(Cl)c1. The number of carbonyl (C=O) groups excluding carboxylic acids is 2. The molecule has 3 aromatic rings. The first-order chi connectivity index (χ1) is 14.8. The summed E-state index contributed by atoms with van der Waals surface area (Å²) >= 11 is 13.4. The molecular formula is C23H19Cl2FN2O2S. The summed E-state index contributed by atoms with van der Waals surface area (Å²) in [4.78, 5) is 25.9. The van der Waals surface area contributed by atoms with Gasteiger partial charge in [0.1, 0.15) is 5.82 Å².